The highest BCUT2D eigenvalue weighted by molar-refractivity contribution is 5.89. The summed E-state index contributed by atoms with van der Waals surface area (Å²) in [6.07, 6.45) is 4.05. The number of allylic oxidation sites excluding steroid dienone is 1. The number of ether oxygens (including phenoxy) is 1. The number of hydrogen-bond donors (Lipinski definition) is 1. The van der Waals surface area contributed by atoms with Gasteiger partial charge in [0.05, 0.1) is 11.0 Å². The van der Waals surface area contributed by atoms with Crippen molar-refractivity contribution in [2.45, 2.75) is 58.5 Å². The van der Waals surface area contributed by atoms with E-state index < -0.39 is 28.9 Å². The molecule has 1 aromatic rings. The maximum Gasteiger partial charge on any atom is 0.338 e. The number of carbonyl (C=O) groups is 3. The number of esters is 1. The van der Waals surface area contributed by atoms with E-state index in [1.807, 2.05) is 6.07 Å². The zero-order chi connectivity index (χ0) is 22.8. The SMILES string of the molecule is C=C(C=O)CCC1C(=C)CC(OC(=O)c2ccccc2)C2C(C)(C(=O)O)CCCC12C. The van der Waals surface area contributed by atoms with E-state index in [2.05, 4.69) is 20.1 Å². The standard InChI is InChI=1S/C26H32O5/c1-17(16-27)11-12-20-18(2)15-21(31-23(28)19-9-6-5-7-10-19)22-25(20,3)13-8-14-26(22,4)24(29)30/h5-7,9-10,16,20-22H,1-2,8,11-15H2,3-4H3,(H,29,30). The molecule has 0 aromatic heterocycles. The molecule has 5 unspecified atom stereocenters. The van der Waals surface area contributed by atoms with E-state index >= 15 is 0 Å². The number of aldehydes is 1. The van der Waals surface area contributed by atoms with E-state index in [-0.39, 0.29) is 11.8 Å². The Morgan fingerprint density at radius 2 is 1.90 bits per heavy atom. The van der Waals surface area contributed by atoms with Crippen LogP contribution in [0.1, 0.15) is 62.7 Å². The summed E-state index contributed by atoms with van der Waals surface area (Å²) in [4.78, 5) is 36.4. The van der Waals surface area contributed by atoms with Crippen molar-refractivity contribution >= 4 is 18.2 Å². The summed E-state index contributed by atoms with van der Waals surface area (Å²) in [5.74, 6) is -1.60. The number of hydrogen-bond acceptors (Lipinski definition) is 4. The molecule has 1 N–H and O–H groups in total. The molecule has 166 valence electrons. The summed E-state index contributed by atoms with van der Waals surface area (Å²) >= 11 is 0. The predicted octanol–water partition coefficient (Wildman–Crippen LogP) is 5.22. The summed E-state index contributed by atoms with van der Waals surface area (Å²) < 4.78 is 5.99. The second-order valence-electron chi connectivity index (χ2n) is 9.60. The first kappa shape index (κ1) is 23.0. The molecule has 0 saturated heterocycles. The van der Waals surface area contributed by atoms with E-state index in [9.17, 15) is 19.5 Å². The van der Waals surface area contributed by atoms with Gasteiger partial charge in [-0.25, -0.2) is 4.79 Å². The van der Waals surface area contributed by atoms with Crippen molar-refractivity contribution in [3.05, 3.63) is 60.2 Å². The average Bonchev–Trinajstić information content (AvgIpc) is 2.73. The number of benzene rings is 1. The predicted molar refractivity (Wildman–Crippen MR) is 119 cm³/mol. The van der Waals surface area contributed by atoms with Gasteiger partial charge in [0.1, 0.15) is 12.4 Å². The van der Waals surface area contributed by atoms with Crippen molar-refractivity contribution in [3.8, 4) is 0 Å². The second-order valence-corrected chi connectivity index (χ2v) is 9.60. The number of aliphatic carboxylic acids is 1. The highest BCUT2D eigenvalue weighted by Crippen LogP contribution is 2.62. The quantitative estimate of drug-likeness (QED) is 0.281. The van der Waals surface area contributed by atoms with Gasteiger partial charge in [0.15, 0.2) is 0 Å². The third-order valence-electron chi connectivity index (χ3n) is 7.61. The molecule has 5 heteroatoms. The van der Waals surface area contributed by atoms with E-state index in [4.69, 9.17) is 4.74 Å². The molecular formula is C26H32O5. The molecule has 31 heavy (non-hydrogen) atoms. The van der Waals surface area contributed by atoms with Gasteiger partial charge < -0.3 is 9.84 Å². The minimum Gasteiger partial charge on any atom is -0.481 e. The van der Waals surface area contributed by atoms with Crippen LogP contribution in [-0.4, -0.2) is 29.4 Å². The van der Waals surface area contributed by atoms with Crippen LogP contribution < -0.4 is 0 Å². The molecule has 2 fully saturated rings. The van der Waals surface area contributed by atoms with Crippen LogP contribution in [0.25, 0.3) is 0 Å². The van der Waals surface area contributed by atoms with Crippen molar-refractivity contribution < 1.29 is 24.2 Å². The first-order valence-electron chi connectivity index (χ1n) is 10.9. The highest BCUT2D eigenvalue weighted by atomic mass is 16.5. The van der Waals surface area contributed by atoms with Crippen molar-refractivity contribution in [1.82, 2.24) is 0 Å². The van der Waals surface area contributed by atoms with E-state index in [1.165, 1.54) is 0 Å². The van der Waals surface area contributed by atoms with Crippen LogP contribution in [0, 0.1) is 22.7 Å². The zero-order valence-electron chi connectivity index (χ0n) is 18.4. The molecule has 5 nitrogen and oxygen atoms in total. The third kappa shape index (κ3) is 4.23. The van der Waals surface area contributed by atoms with E-state index in [0.29, 0.717) is 36.8 Å². The van der Waals surface area contributed by atoms with Crippen LogP contribution >= 0.6 is 0 Å². The fraction of sp³-hybridized carbons (Fsp3) is 0.500. The Bertz CT molecular complexity index is 888. The van der Waals surface area contributed by atoms with E-state index in [1.54, 1.807) is 31.2 Å². The lowest BCUT2D eigenvalue weighted by Crippen LogP contribution is -2.59. The largest absolute Gasteiger partial charge is 0.481 e. The van der Waals surface area contributed by atoms with E-state index in [0.717, 1.165) is 24.7 Å². The van der Waals surface area contributed by atoms with Crippen LogP contribution in [0.3, 0.4) is 0 Å². The number of fused-ring (bicyclic) bond motifs is 1. The van der Waals surface area contributed by atoms with Crippen LogP contribution in [0.15, 0.2) is 54.6 Å². The van der Waals surface area contributed by atoms with Crippen LogP contribution in [0.5, 0.6) is 0 Å². The van der Waals surface area contributed by atoms with Gasteiger partial charge >= 0.3 is 11.9 Å². The number of carboxylic acids is 1. The minimum absolute atomic E-state index is 0.0415. The van der Waals surface area contributed by atoms with Crippen molar-refractivity contribution in [3.63, 3.8) is 0 Å². The molecule has 5 atom stereocenters. The Balaban J connectivity index is 1.98. The zero-order valence-corrected chi connectivity index (χ0v) is 18.4. The number of rotatable bonds is 7. The molecule has 0 radical (unpaired) electrons. The van der Waals surface area contributed by atoms with Gasteiger partial charge in [-0.1, -0.05) is 50.3 Å². The fourth-order valence-corrected chi connectivity index (χ4v) is 6.14. The summed E-state index contributed by atoms with van der Waals surface area (Å²) in [5.41, 5.74) is 0.535. The van der Waals surface area contributed by atoms with Gasteiger partial charge in [-0.15, -0.1) is 0 Å². The molecule has 0 amide bonds. The third-order valence-corrected chi connectivity index (χ3v) is 7.61. The Kier molecular flexibility index (Phi) is 6.54. The lowest BCUT2D eigenvalue weighted by Gasteiger charge is -2.59. The first-order valence-corrected chi connectivity index (χ1v) is 10.9. The van der Waals surface area contributed by atoms with Crippen molar-refractivity contribution in [2.75, 3.05) is 0 Å². The summed E-state index contributed by atoms with van der Waals surface area (Å²) in [7, 11) is 0. The van der Waals surface area contributed by atoms with Crippen LogP contribution in [-0.2, 0) is 14.3 Å². The molecule has 0 spiro atoms. The molecule has 0 bridgehead atoms. The highest BCUT2D eigenvalue weighted by Gasteiger charge is 2.61. The Labute approximate surface area is 184 Å². The molecular weight excluding hydrogens is 392 g/mol. The second kappa shape index (κ2) is 8.81. The van der Waals surface area contributed by atoms with Gasteiger partial charge in [0.25, 0.3) is 0 Å². The van der Waals surface area contributed by atoms with Crippen LogP contribution in [0.2, 0.25) is 0 Å². The molecule has 2 saturated carbocycles. The average molecular weight is 425 g/mol. The van der Waals surface area contributed by atoms with Crippen molar-refractivity contribution in [1.29, 1.82) is 0 Å². The number of carbonyl (C=O) groups excluding carboxylic acids is 2. The normalized spacial score (nSPS) is 32.6. The Morgan fingerprint density at radius 1 is 1.23 bits per heavy atom. The maximum absolute atomic E-state index is 12.9. The summed E-state index contributed by atoms with van der Waals surface area (Å²) in [6.45, 7) is 12.0. The fourth-order valence-electron chi connectivity index (χ4n) is 6.14. The summed E-state index contributed by atoms with van der Waals surface area (Å²) in [5, 5.41) is 10.2. The topological polar surface area (TPSA) is 80.7 Å². The smallest absolute Gasteiger partial charge is 0.338 e. The molecule has 1 aromatic carbocycles. The molecule has 2 aliphatic carbocycles. The Hall–Kier alpha value is -2.69. The molecule has 3 rings (SSSR count). The monoisotopic (exact) mass is 424 g/mol. The summed E-state index contributed by atoms with van der Waals surface area (Å²) in [6, 6.07) is 8.78. The van der Waals surface area contributed by atoms with Gasteiger partial charge in [-0.3, -0.25) is 9.59 Å². The van der Waals surface area contributed by atoms with Crippen LogP contribution in [0.4, 0.5) is 0 Å². The van der Waals surface area contributed by atoms with Gasteiger partial charge in [-0.2, -0.15) is 0 Å². The molecule has 0 aliphatic heterocycles. The van der Waals surface area contributed by atoms with Gasteiger partial charge in [0.2, 0.25) is 0 Å². The minimum atomic E-state index is -1.00. The first-order chi connectivity index (χ1) is 14.6. The maximum atomic E-state index is 12.9. The van der Waals surface area contributed by atoms with Gasteiger partial charge in [0, 0.05) is 12.3 Å². The number of carboxylic acid groups (broad SMARTS) is 1. The lowest BCUT2D eigenvalue weighted by atomic mass is 9.45. The molecule has 2 aliphatic rings. The Morgan fingerprint density at radius 3 is 2.52 bits per heavy atom. The van der Waals surface area contributed by atoms with Gasteiger partial charge in [-0.05, 0) is 61.6 Å². The molecule has 0 heterocycles. The van der Waals surface area contributed by atoms with Crippen molar-refractivity contribution in [2.24, 2.45) is 22.7 Å². The lowest BCUT2D eigenvalue weighted by molar-refractivity contribution is -0.177.